The summed E-state index contributed by atoms with van der Waals surface area (Å²) in [4.78, 5) is 12.3. The van der Waals surface area contributed by atoms with Gasteiger partial charge in [-0.2, -0.15) is 0 Å². The fraction of sp³-hybridized carbons (Fsp3) is 0.708. The van der Waals surface area contributed by atoms with E-state index in [9.17, 15) is 4.79 Å². The van der Waals surface area contributed by atoms with Gasteiger partial charge in [-0.1, -0.05) is 37.3 Å². The monoisotopic (exact) mass is 364 g/mol. The molecular formula is C24H32N2O. The molecular weight excluding hydrogens is 332 g/mol. The highest BCUT2D eigenvalue weighted by Crippen LogP contribution is 2.97. The summed E-state index contributed by atoms with van der Waals surface area (Å²) in [7, 11) is 2.00. The van der Waals surface area contributed by atoms with Crippen LogP contribution in [0.5, 0.6) is 0 Å². The van der Waals surface area contributed by atoms with Crippen LogP contribution in [-0.4, -0.2) is 37.5 Å². The number of benzene rings is 1. The molecule has 1 amide bonds. The molecule has 1 aromatic carbocycles. The third-order valence-electron chi connectivity index (χ3n) is 10.1. The predicted molar refractivity (Wildman–Crippen MR) is 106 cm³/mol. The molecule has 1 heterocycles. The summed E-state index contributed by atoms with van der Waals surface area (Å²) in [6, 6.07) is 12.1. The predicted octanol–water partition coefficient (Wildman–Crippen LogP) is 3.59. The van der Waals surface area contributed by atoms with Crippen molar-refractivity contribution in [2.45, 2.75) is 56.9 Å². The average molecular weight is 365 g/mol. The Morgan fingerprint density at radius 1 is 1.15 bits per heavy atom. The van der Waals surface area contributed by atoms with Gasteiger partial charge in [0.15, 0.2) is 0 Å². The molecule has 0 aromatic heterocycles. The lowest BCUT2D eigenvalue weighted by molar-refractivity contribution is -0.441. The minimum atomic E-state index is 0.468. The number of hydrogen-bond acceptors (Lipinski definition) is 2. The molecule has 1 aliphatic heterocycles. The molecule has 144 valence electrons. The van der Waals surface area contributed by atoms with Crippen molar-refractivity contribution < 1.29 is 4.79 Å². The molecule has 6 fully saturated rings. The standard InChI is InChI=1S/C16H18.C8H14N2O/c1-14-8-12-7-13-9-15(10-14,16(12,13)14)11-5-3-2-4-6-11;1-9-7-4-8(7)2-3-10(5-8)6-11/h2-6,12-13H,7-10H2,1H3;6-7,9H,2-5H2,1H3. The summed E-state index contributed by atoms with van der Waals surface area (Å²) in [5.74, 6) is 2.20. The summed E-state index contributed by atoms with van der Waals surface area (Å²) in [5.41, 5.74) is 4.30. The van der Waals surface area contributed by atoms with Gasteiger partial charge in [0.1, 0.15) is 0 Å². The van der Waals surface area contributed by atoms with Crippen LogP contribution in [0.15, 0.2) is 30.3 Å². The zero-order valence-corrected chi connectivity index (χ0v) is 16.7. The van der Waals surface area contributed by atoms with Gasteiger partial charge in [-0.15, -0.1) is 0 Å². The molecule has 7 atom stereocenters. The molecule has 0 bridgehead atoms. The van der Waals surface area contributed by atoms with Crippen LogP contribution in [0, 0.1) is 28.1 Å². The third-order valence-corrected chi connectivity index (χ3v) is 10.1. The smallest absolute Gasteiger partial charge is 0.209 e. The Labute approximate surface area is 162 Å². The molecule has 5 saturated carbocycles. The minimum Gasteiger partial charge on any atom is -0.345 e. The van der Waals surface area contributed by atoms with Gasteiger partial charge in [-0.25, -0.2) is 0 Å². The first kappa shape index (κ1) is 16.6. The number of nitrogens with one attached hydrogen (secondary N) is 1. The second kappa shape index (κ2) is 4.97. The molecule has 1 aromatic rings. The van der Waals surface area contributed by atoms with Gasteiger partial charge in [0.2, 0.25) is 6.41 Å². The lowest BCUT2D eigenvalue weighted by Crippen LogP contribution is -2.91. The Morgan fingerprint density at radius 2 is 1.93 bits per heavy atom. The fourth-order valence-electron chi connectivity index (χ4n) is 9.20. The molecule has 27 heavy (non-hydrogen) atoms. The first-order valence-electron chi connectivity index (χ1n) is 11.0. The zero-order chi connectivity index (χ0) is 18.5. The Balaban J connectivity index is 0.000000117. The van der Waals surface area contributed by atoms with E-state index in [2.05, 4.69) is 42.6 Å². The number of nitrogens with zero attached hydrogens (tertiary/aromatic N) is 1. The van der Waals surface area contributed by atoms with E-state index in [1.54, 1.807) is 12.0 Å². The van der Waals surface area contributed by atoms with Gasteiger partial charge in [0.05, 0.1) is 0 Å². The van der Waals surface area contributed by atoms with Gasteiger partial charge < -0.3 is 10.2 Å². The van der Waals surface area contributed by atoms with Crippen molar-refractivity contribution in [3.63, 3.8) is 0 Å². The zero-order valence-electron chi connectivity index (χ0n) is 16.7. The van der Waals surface area contributed by atoms with Crippen molar-refractivity contribution >= 4 is 6.41 Å². The van der Waals surface area contributed by atoms with Crippen molar-refractivity contribution in [3.8, 4) is 0 Å². The van der Waals surface area contributed by atoms with E-state index in [4.69, 9.17) is 0 Å². The largest absolute Gasteiger partial charge is 0.345 e. The molecule has 2 spiro atoms. The van der Waals surface area contributed by atoms with E-state index < -0.39 is 0 Å². The lowest BCUT2D eigenvalue weighted by atomic mass is 9.08. The molecule has 7 unspecified atom stereocenters. The van der Waals surface area contributed by atoms with Crippen LogP contribution in [0.1, 0.15) is 51.0 Å². The normalized spacial score (nSPS) is 52.1. The second-order valence-electron chi connectivity index (χ2n) is 10.8. The molecule has 3 heteroatoms. The van der Waals surface area contributed by atoms with Crippen molar-refractivity contribution in [2.24, 2.45) is 28.1 Å². The number of carbonyl (C=O) groups is 1. The van der Waals surface area contributed by atoms with Crippen molar-refractivity contribution in [2.75, 3.05) is 20.1 Å². The number of hydrogen-bond donors (Lipinski definition) is 1. The van der Waals surface area contributed by atoms with Gasteiger partial charge in [0, 0.05) is 30.0 Å². The quantitative estimate of drug-likeness (QED) is 0.832. The van der Waals surface area contributed by atoms with Crippen LogP contribution in [-0.2, 0) is 10.2 Å². The molecule has 5 aliphatic carbocycles. The summed E-state index contributed by atoms with van der Waals surface area (Å²) >= 11 is 0. The number of carbonyl (C=O) groups excluding carboxylic acids is 1. The van der Waals surface area contributed by atoms with E-state index in [-0.39, 0.29) is 0 Å². The molecule has 1 saturated heterocycles. The average Bonchev–Trinajstić information content (AvgIpc) is 3.16. The Kier molecular flexibility index (Phi) is 3.06. The van der Waals surface area contributed by atoms with Crippen LogP contribution in [0.4, 0.5) is 0 Å². The molecule has 0 radical (unpaired) electrons. The van der Waals surface area contributed by atoms with Crippen LogP contribution in [0.3, 0.4) is 0 Å². The van der Waals surface area contributed by atoms with Gasteiger partial charge in [0.25, 0.3) is 0 Å². The first-order chi connectivity index (χ1) is 13.0. The summed E-state index contributed by atoms with van der Waals surface area (Å²) < 4.78 is 0. The topological polar surface area (TPSA) is 32.3 Å². The highest BCUT2D eigenvalue weighted by molar-refractivity contribution is 5.50. The van der Waals surface area contributed by atoms with Crippen LogP contribution < -0.4 is 5.32 Å². The maximum Gasteiger partial charge on any atom is 0.209 e. The summed E-state index contributed by atoms with van der Waals surface area (Å²) in [6.07, 6.45) is 9.51. The Bertz CT molecular complexity index is 789. The first-order valence-corrected chi connectivity index (χ1v) is 11.0. The second-order valence-corrected chi connectivity index (χ2v) is 10.8. The minimum absolute atomic E-state index is 0.468. The maximum absolute atomic E-state index is 10.4. The van der Waals surface area contributed by atoms with Crippen molar-refractivity contribution in [3.05, 3.63) is 35.9 Å². The number of amides is 1. The Morgan fingerprint density at radius 3 is 2.48 bits per heavy atom. The van der Waals surface area contributed by atoms with Gasteiger partial charge in [-0.3, -0.25) is 4.79 Å². The SMILES string of the molecule is CC12CC3CC4CC(c5ccccc5)(C1)C342.CNC1CC12CCN(C=O)C2. The van der Waals surface area contributed by atoms with Gasteiger partial charge in [-0.05, 0) is 73.8 Å². The van der Waals surface area contributed by atoms with E-state index in [0.29, 0.717) is 16.9 Å². The van der Waals surface area contributed by atoms with Gasteiger partial charge >= 0.3 is 0 Å². The van der Waals surface area contributed by atoms with E-state index in [1.165, 1.54) is 32.1 Å². The fourth-order valence-corrected chi connectivity index (χ4v) is 9.20. The molecule has 1 N–H and O–H groups in total. The van der Waals surface area contributed by atoms with E-state index in [0.717, 1.165) is 42.2 Å². The number of rotatable bonds is 3. The molecule has 7 rings (SSSR count). The highest BCUT2D eigenvalue weighted by atomic mass is 16.1. The maximum atomic E-state index is 10.4. The highest BCUT2D eigenvalue weighted by Gasteiger charge is 2.92. The third kappa shape index (κ3) is 1.68. The van der Waals surface area contributed by atoms with E-state index >= 15 is 0 Å². The summed E-state index contributed by atoms with van der Waals surface area (Å²) in [6.45, 7) is 4.50. The number of likely N-dealkylation sites (tertiary alicyclic amines) is 1. The molecule has 6 aliphatic rings. The van der Waals surface area contributed by atoms with E-state index in [1.807, 2.05) is 11.9 Å². The molecule has 3 nitrogen and oxygen atoms in total. The van der Waals surface area contributed by atoms with Crippen molar-refractivity contribution in [1.82, 2.24) is 10.2 Å². The van der Waals surface area contributed by atoms with Crippen LogP contribution in [0.2, 0.25) is 0 Å². The summed E-state index contributed by atoms with van der Waals surface area (Å²) in [5, 5.41) is 3.27. The van der Waals surface area contributed by atoms with Crippen LogP contribution in [0.25, 0.3) is 0 Å². The van der Waals surface area contributed by atoms with Crippen LogP contribution >= 0.6 is 0 Å². The van der Waals surface area contributed by atoms with Crippen molar-refractivity contribution in [1.29, 1.82) is 0 Å². The lowest BCUT2D eigenvalue weighted by Gasteiger charge is -2.95. The Hall–Kier alpha value is -1.35.